The Labute approximate surface area is 149 Å². The lowest BCUT2D eigenvalue weighted by atomic mass is 10.2. The minimum atomic E-state index is -0.366. The number of nitrogens with one attached hydrogen (secondary N) is 1. The molecule has 0 unspecified atom stereocenters. The van der Waals surface area contributed by atoms with Crippen molar-refractivity contribution in [3.05, 3.63) is 59.9 Å². The molecule has 0 bridgehead atoms. The molecule has 26 heavy (non-hydrogen) atoms. The Hall–Kier alpha value is -3.48. The molecule has 0 atom stereocenters. The molecule has 7 nitrogen and oxygen atoms in total. The summed E-state index contributed by atoms with van der Waals surface area (Å²) in [5.74, 6) is 1.09. The summed E-state index contributed by atoms with van der Waals surface area (Å²) in [6.45, 7) is 2.03. The molecule has 2 aromatic heterocycles. The number of fused-ring (bicyclic) bond motifs is 3. The van der Waals surface area contributed by atoms with Gasteiger partial charge >= 0.3 is 5.97 Å². The third-order valence-corrected chi connectivity index (χ3v) is 4.19. The predicted octanol–water partition coefficient (Wildman–Crippen LogP) is 3.37. The van der Waals surface area contributed by atoms with E-state index in [0.717, 1.165) is 34.5 Å². The number of nitrogens with zero attached hydrogens (tertiary/aromatic N) is 4. The summed E-state index contributed by atoms with van der Waals surface area (Å²) in [5.41, 5.74) is 2.90. The molecule has 0 spiro atoms. The van der Waals surface area contributed by atoms with Gasteiger partial charge < -0.3 is 10.1 Å². The van der Waals surface area contributed by atoms with Crippen LogP contribution in [0.1, 0.15) is 23.1 Å². The first-order valence-corrected chi connectivity index (χ1v) is 8.29. The van der Waals surface area contributed by atoms with Crippen molar-refractivity contribution in [3.63, 3.8) is 0 Å². The summed E-state index contributed by atoms with van der Waals surface area (Å²) in [4.78, 5) is 16.3. The van der Waals surface area contributed by atoms with Crippen molar-refractivity contribution in [3.8, 4) is 0 Å². The lowest BCUT2D eigenvalue weighted by Crippen LogP contribution is -2.06. The van der Waals surface area contributed by atoms with Crippen LogP contribution in [0.5, 0.6) is 0 Å². The fourth-order valence-electron chi connectivity index (χ4n) is 2.89. The highest BCUT2D eigenvalue weighted by atomic mass is 16.5. The number of para-hydroxylation sites is 1. The molecule has 2 aromatic carbocycles. The van der Waals surface area contributed by atoms with Crippen LogP contribution in [0, 0.1) is 0 Å². The Balaban J connectivity index is 1.82. The van der Waals surface area contributed by atoms with Gasteiger partial charge in [0.25, 0.3) is 0 Å². The Morgan fingerprint density at radius 1 is 1.12 bits per heavy atom. The number of rotatable bonds is 4. The second-order valence-electron chi connectivity index (χ2n) is 5.78. The second kappa shape index (κ2) is 6.44. The first-order chi connectivity index (χ1) is 12.7. The summed E-state index contributed by atoms with van der Waals surface area (Å²) in [7, 11) is 1.36. The molecule has 2 heterocycles. The van der Waals surface area contributed by atoms with Gasteiger partial charge in [-0.05, 0) is 36.4 Å². The normalized spacial score (nSPS) is 11.0. The standard InChI is InChI=1S/C19H17N5O2/c1-3-16-22-23-17-14-6-4-5-7-15(14)21-19(24(16)17)20-13-10-8-12(9-11-13)18(25)26-2/h4-11H,3H2,1-2H3,(H,20,21). The fourth-order valence-corrected chi connectivity index (χ4v) is 2.89. The first kappa shape index (κ1) is 16.0. The van der Waals surface area contributed by atoms with Crippen LogP contribution in [-0.2, 0) is 11.2 Å². The minimum Gasteiger partial charge on any atom is -0.465 e. The van der Waals surface area contributed by atoms with Crippen LogP contribution in [0.15, 0.2) is 48.5 Å². The molecule has 4 rings (SSSR count). The predicted molar refractivity (Wildman–Crippen MR) is 98.7 cm³/mol. The van der Waals surface area contributed by atoms with E-state index in [9.17, 15) is 4.79 Å². The Morgan fingerprint density at radius 3 is 2.62 bits per heavy atom. The Bertz CT molecular complexity index is 1100. The molecular weight excluding hydrogens is 330 g/mol. The summed E-state index contributed by atoms with van der Waals surface area (Å²) in [6.07, 6.45) is 0.733. The zero-order valence-electron chi connectivity index (χ0n) is 14.4. The smallest absolute Gasteiger partial charge is 0.337 e. The van der Waals surface area contributed by atoms with E-state index in [4.69, 9.17) is 9.72 Å². The van der Waals surface area contributed by atoms with E-state index in [1.807, 2.05) is 47.7 Å². The van der Waals surface area contributed by atoms with Gasteiger partial charge in [-0.15, -0.1) is 10.2 Å². The van der Waals surface area contributed by atoms with Gasteiger partial charge in [0, 0.05) is 17.5 Å². The summed E-state index contributed by atoms with van der Waals surface area (Å²) < 4.78 is 6.65. The molecule has 0 saturated heterocycles. The summed E-state index contributed by atoms with van der Waals surface area (Å²) >= 11 is 0. The van der Waals surface area contributed by atoms with Crippen LogP contribution in [-0.4, -0.2) is 32.7 Å². The first-order valence-electron chi connectivity index (χ1n) is 8.29. The second-order valence-corrected chi connectivity index (χ2v) is 5.78. The van der Waals surface area contributed by atoms with Gasteiger partial charge in [-0.1, -0.05) is 19.1 Å². The number of ether oxygens (including phenoxy) is 1. The van der Waals surface area contributed by atoms with Crippen LogP contribution in [0.3, 0.4) is 0 Å². The number of aryl methyl sites for hydroxylation is 1. The molecule has 0 radical (unpaired) electrons. The van der Waals surface area contributed by atoms with Crippen LogP contribution >= 0.6 is 0 Å². The zero-order chi connectivity index (χ0) is 18.1. The third-order valence-electron chi connectivity index (χ3n) is 4.19. The fraction of sp³-hybridized carbons (Fsp3) is 0.158. The van der Waals surface area contributed by atoms with Gasteiger partial charge in [0.05, 0.1) is 18.2 Å². The average Bonchev–Trinajstić information content (AvgIpc) is 3.13. The van der Waals surface area contributed by atoms with E-state index in [0.29, 0.717) is 11.5 Å². The number of methoxy groups -OCH3 is 1. The topological polar surface area (TPSA) is 81.4 Å². The molecule has 0 aliphatic rings. The largest absolute Gasteiger partial charge is 0.465 e. The van der Waals surface area contributed by atoms with Crippen molar-refractivity contribution >= 4 is 34.2 Å². The molecule has 7 heteroatoms. The molecular formula is C19H17N5O2. The quantitative estimate of drug-likeness (QED) is 0.570. The molecule has 0 fully saturated rings. The van der Waals surface area contributed by atoms with E-state index in [1.165, 1.54) is 7.11 Å². The monoisotopic (exact) mass is 347 g/mol. The lowest BCUT2D eigenvalue weighted by Gasteiger charge is -2.11. The number of hydrogen-bond acceptors (Lipinski definition) is 6. The zero-order valence-corrected chi connectivity index (χ0v) is 14.4. The van der Waals surface area contributed by atoms with Gasteiger partial charge in [0.1, 0.15) is 5.82 Å². The van der Waals surface area contributed by atoms with E-state index >= 15 is 0 Å². The number of aromatic nitrogens is 4. The number of hydrogen-bond donors (Lipinski definition) is 1. The number of carbonyl (C=O) groups is 1. The summed E-state index contributed by atoms with van der Waals surface area (Å²) in [6, 6.07) is 14.9. The van der Waals surface area contributed by atoms with Crippen LogP contribution < -0.4 is 5.32 Å². The van der Waals surface area contributed by atoms with Crippen molar-refractivity contribution < 1.29 is 9.53 Å². The van der Waals surface area contributed by atoms with Crippen molar-refractivity contribution in [2.75, 3.05) is 12.4 Å². The lowest BCUT2D eigenvalue weighted by molar-refractivity contribution is 0.0601. The van der Waals surface area contributed by atoms with Crippen LogP contribution in [0.4, 0.5) is 11.6 Å². The minimum absolute atomic E-state index is 0.366. The highest BCUT2D eigenvalue weighted by Gasteiger charge is 2.14. The van der Waals surface area contributed by atoms with E-state index in [1.54, 1.807) is 12.1 Å². The van der Waals surface area contributed by atoms with Crippen molar-refractivity contribution in [2.45, 2.75) is 13.3 Å². The maximum atomic E-state index is 11.6. The molecule has 1 N–H and O–H groups in total. The molecule has 0 amide bonds. The molecule has 0 aliphatic carbocycles. The van der Waals surface area contributed by atoms with Crippen molar-refractivity contribution in [1.29, 1.82) is 0 Å². The number of carbonyl (C=O) groups excluding carboxylic acids is 1. The summed E-state index contributed by atoms with van der Waals surface area (Å²) in [5, 5.41) is 12.9. The molecule has 0 aliphatic heterocycles. The highest BCUT2D eigenvalue weighted by Crippen LogP contribution is 2.24. The van der Waals surface area contributed by atoms with Gasteiger partial charge in [0.15, 0.2) is 5.65 Å². The van der Waals surface area contributed by atoms with Crippen molar-refractivity contribution in [2.24, 2.45) is 0 Å². The maximum Gasteiger partial charge on any atom is 0.337 e. The van der Waals surface area contributed by atoms with Crippen molar-refractivity contribution in [1.82, 2.24) is 19.6 Å². The molecule has 0 saturated carbocycles. The van der Waals surface area contributed by atoms with Crippen LogP contribution in [0.2, 0.25) is 0 Å². The van der Waals surface area contributed by atoms with Gasteiger partial charge in [0.2, 0.25) is 5.95 Å². The third kappa shape index (κ3) is 2.63. The average molecular weight is 347 g/mol. The number of benzene rings is 2. The highest BCUT2D eigenvalue weighted by molar-refractivity contribution is 5.93. The van der Waals surface area contributed by atoms with E-state index < -0.39 is 0 Å². The van der Waals surface area contributed by atoms with E-state index in [2.05, 4.69) is 15.5 Å². The van der Waals surface area contributed by atoms with Crippen LogP contribution in [0.25, 0.3) is 16.6 Å². The number of esters is 1. The Morgan fingerprint density at radius 2 is 1.88 bits per heavy atom. The SMILES string of the molecule is CCc1nnc2c3ccccc3nc(Nc3ccc(C(=O)OC)cc3)n12. The van der Waals surface area contributed by atoms with E-state index in [-0.39, 0.29) is 5.97 Å². The van der Waals surface area contributed by atoms with Gasteiger partial charge in [-0.2, -0.15) is 0 Å². The van der Waals surface area contributed by atoms with Gasteiger partial charge in [-0.3, -0.25) is 0 Å². The molecule has 4 aromatic rings. The van der Waals surface area contributed by atoms with Gasteiger partial charge in [-0.25, -0.2) is 14.2 Å². The number of anilines is 2. The molecule has 130 valence electrons. The Kier molecular flexibility index (Phi) is 3.96. The maximum absolute atomic E-state index is 11.6.